The number of benzene rings is 2. The van der Waals surface area contributed by atoms with Crippen LogP contribution in [0.1, 0.15) is 5.56 Å². The van der Waals surface area contributed by atoms with Crippen molar-refractivity contribution in [3.05, 3.63) is 101 Å². The maximum atomic E-state index is 13.3. The lowest BCUT2D eigenvalue weighted by atomic mass is 10.2. The third-order valence-corrected chi connectivity index (χ3v) is 5.39. The van der Waals surface area contributed by atoms with E-state index in [1.807, 2.05) is 72.8 Å². The van der Waals surface area contributed by atoms with Crippen molar-refractivity contribution >= 4 is 21.8 Å². The minimum absolute atomic E-state index is 0.251. The molecule has 0 bridgehead atoms. The van der Waals surface area contributed by atoms with Crippen molar-refractivity contribution in [1.29, 1.82) is 0 Å². The van der Waals surface area contributed by atoms with Gasteiger partial charge in [0.2, 0.25) is 5.88 Å². The Kier molecular flexibility index (Phi) is 3.89. The van der Waals surface area contributed by atoms with Crippen LogP contribution in [0.2, 0.25) is 0 Å². The highest BCUT2D eigenvalue weighted by atomic mass is 16.5. The Hall–Kier alpha value is -4.32. The van der Waals surface area contributed by atoms with Gasteiger partial charge in [0.1, 0.15) is 18.1 Å². The fourth-order valence-electron chi connectivity index (χ4n) is 3.85. The molecule has 6 heteroatoms. The van der Waals surface area contributed by atoms with Crippen molar-refractivity contribution < 1.29 is 9.15 Å². The van der Waals surface area contributed by atoms with Gasteiger partial charge in [0, 0.05) is 22.5 Å². The summed E-state index contributed by atoms with van der Waals surface area (Å²) >= 11 is 0. The first-order valence-electron chi connectivity index (χ1n) is 9.96. The normalized spacial score (nSPS) is 11.5. The van der Waals surface area contributed by atoms with Gasteiger partial charge in [-0.05, 0) is 35.9 Å². The molecule has 0 unspecified atom stereocenters. The standard InChI is InChI=1S/C25H17N3O3/c29-25-24-19-13-18(30-15-16-5-2-1-3-6-16)10-11-20(19)27-21(24)14-26-28(25)23-12-9-17-7-4-8-22(17)31-23/h1-14,27H,15H2. The van der Waals surface area contributed by atoms with E-state index in [2.05, 4.69) is 10.1 Å². The topological polar surface area (TPSA) is 73.0 Å². The number of aromatic nitrogens is 3. The Balaban J connectivity index is 1.45. The second-order valence-corrected chi connectivity index (χ2v) is 7.38. The maximum Gasteiger partial charge on any atom is 0.284 e. The molecule has 0 amide bonds. The molecule has 1 aliphatic heterocycles. The molecule has 31 heavy (non-hydrogen) atoms. The number of H-pyrrole nitrogens is 1. The van der Waals surface area contributed by atoms with Gasteiger partial charge >= 0.3 is 0 Å². The van der Waals surface area contributed by atoms with E-state index in [1.54, 1.807) is 12.3 Å². The predicted molar refractivity (Wildman–Crippen MR) is 119 cm³/mol. The first kappa shape index (κ1) is 17.5. The Bertz CT molecular complexity index is 1560. The molecular formula is C25H17N3O3. The third kappa shape index (κ3) is 2.97. The molecule has 6 rings (SSSR count). The van der Waals surface area contributed by atoms with Gasteiger partial charge in [-0.1, -0.05) is 42.5 Å². The summed E-state index contributed by atoms with van der Waals surface area (Å²) in [4.78, 5) is 16.6. The van der Waals surface area contributed by atoms with Gasteiger partial charge in [-0.2, -0.15) is 9.78 Å². The van der Waals surface area contributed by atoms with Gasteiger partial charge in [-0.15, -0.1) is 0 Å². The smallest absolute Gasteiger partial charge is 0.284 e. The molecule has 0 saturated carbocycles. The Labute approximate surface area is 176 Å². The van der Waals surface area contributed by atoms with E-state index in [0.29, 0.717) is 34.9 Å². The van der Waals surface area contributed by atoms with Crippen LogP contribution in [0.3, 0.4) is 0 Å². The number of rotatable bonds is 4. The van der Waals surface area contributed by atoms with E-state index in [4.69, 9.17) is 9.15 Å². The minimum atomic E-state index is -0.251. The van der Waals surface area contributed by atoms with Crippen LogP contribution in [0.25, 0.3) is 39.0 Å². The van der Waals surface area contributed by atoms with Gasteiger partial charge in [0.15, 0.2) is 0 Å². The highest BCUT2D eigenvalue weighted by molar-refractivity contribution is 6.07. The monoisotopic (exact) mass is 407 g/mol. The van der Waals surface area contributed by atoms with Crippen molar-refractivity contribution in [2.24, 2.45) is 0 Å². The highest BCUT2D eigenvalue weighted by Crippen LogP contribution is 2.28. The van der Waals surface area contributed by atoms with Crippen LogP contribution in [0, 0.1) is 0 Å². The molecule has 1 aliphatic carbocycles. The molecule has 0 atom stereocenters. The van der Waals surface area contributed by atoms with E-state index >= 15 is 0 Å². The molecule has 3 heterocycles. The van der Waals surface area contributed by atoms with Crippen LogP contribution in [-0.2, 0) is 6.61 Å². The molecule has 2 aromatic heterocycles. The summed E-state index contributed by atoms with van der Waals surface area (Å²) in [5.41, 5.74) is 3.33. The number of fused-ring (bicyclic) bond motifs is 4. The average Bonchev–Trinajstić information content (AvgIpc) is 3.42. The maximum absolute atomic E-state index is 13.3. The van der Waals surface area contributed by atoms with Gasteiger partial charge in [-0.3, -0.25) is 4.79 Å². The molecular weight excluding hydrogens is 390 g/mol. The molecule has 0 spiro atoms. The highest BCUT2D eigenvalue weighted by Gasteiger charge is 2.15. The molecule has 2 aliphatic rings. The SMILES string of the molecule is O=c1c2c(cnn1-c1ccc3cccc-3o1)[nH]c1ccc(OCc3ccccc3)cc12. The summed E-state index contributed by atoms with van der Waals surface area (Å²) in [7, 11) is 0. The molecule has 4 aromatic rings. The zero-order valence-corrected chi connectivity index (χ0v) is 16.4. The summed E-state index contributed by atoms with van der Waals surface area (Å²) in [6, 6.07) is 25.1. The van der Waals surface area contributed by atoms with Crippen molar-refractivity contribution in [3.63, 3.8) is 0 Å². The summed E-state index contributed by atoms with van der Waals surface area (Å²) in [5, 5.41) is 5.65. The minimum Gasteiger partial charge on any atom is -0.489 e. The van der Waals surface area contributed by atoms with Gasteiger partial charge in [-0.25, -0.2) is 0 Å². The molecule has 0 fully saturated rings. The lowest BCUT2D eigenvalue weighted by Crippen LogP contribution is -2.20. The lowest BCUT2D eigenvalue weighted by Gasteiger charge is -2.07. The quantitative estimate of drug-likeness (QED) is 0.439. The Morgan fingerprint density at radius 1 is 0.935 bits per heavy atom. The molecule has 2 aromatic carbocycles. The molecule has 6 nitrogen and oxygen atoms in total. The Morgan fingerprint density at radius 2 is 1.84 bits per heavy atom. The summed E-state index contributed by atoms with van der Waals surface area (Å²) < 4.78 is 13.1. The van der Waals surface area contributed by atoms with E-state index in [1.165, 1.54) is 4.68 Å². The second-order valence-electron chi connectivity index (χ2n) is 7.38. The average molecular weight is 407 g/mol. The lowest BCUT2D eigenvalue weighted by molar-refractivity contribution is 0.306. The van der Waals surface area contributed by atoms with Crippen LogP contribution in [0.5, 0.6) is 5.75 Å². The molecule has 150 valence electrons. The largest absolute Gasteiger partial charge is 0.489 e. The van der Waals surface area contributed by atoms with E-state index in [-0.39, 0.29) is 5.56 Å². The Morgan fingerprint density at radius 3 is 2.74 bits per heavy atom. The number of nitrogens with one attached hydrogen (secondary N) is 1. The van der Waals surface area contributed by atoms with E-state index < -0.39 is 0 Å². The van der Waals surface area contributed by atoms with Gasteiger partial charge in [0.25, 0.3) is 5.56 Å². The first-order valence-corrected chi connectivity index (χ1v) is 9.96. The van der Waals surface area contributed by atoms with E-state index in [9.17, 15) is 4.79 Å². The fourth-order valence-corrected chi connectivity index (χ4v) is 3.85. The van der Waals surface area contributed by atoms with Gasteiger partial charge < -0.3 is 14.1 Å². The van der Waals surface area contributed by atoms with Crippen molar-refractivity contribution in [3.8, 4) is 23.0 Å². The summed E-state index contributed by atoms with van der Waals surface area (Å²) in [6.07, 6.45) is 1.64. The van der Waals surface area contributed by atoms with Crippen LogP contribution in [0.4, 0.5) is 0 Å². The number of ether oxygens (including phenoxy) is 1. The zero-order valence-electron chi connectivity index (χ0n) is 16.4. The first-order chi connectivity index (χ1) is 15.3. The molecule has 0 radical (unpaired) electrons. The van der Waals surface area contributed by atoms with Crippen LogP contribution < -0.4 is 10.3 Å². The van der Waals surface area contributed by atoms with Crippen LogP contribution >= 0.6 is 0 Å². The predicted octanol–water partition coefficient (Wildman–Crippen LogP) is 5.14. The number of nitrogens with zero attached hydrogens (tertiary/aromatic N) is 2. The van der Waals surface area contributed by atoms with E-state index in [0.717, 1.165) is 22.0 Å². The van der Waals surface area contributed by atoms with Gasteiger partial charge in [0.05, 0.1) is 17.1 Å². The second kappa shape index (κ2) is 6.88. The molecule has 0 saturated heterocycles. The number of hydrogen-bond acceptors (Lipinski definition) is 4. The summed E-state index contributed by atoms with van der Waals surface area (Å²) in [5.74, 6) is 1.78. The van der Waals surface area contributed by atoms with Crippen molar-refractivity contribution in [2.75, 3.05) is 0 Å². The van der Waals surface area contributed by atoms with Crippen LogP contribution in [-0.4, -0.2) is 14.8 Å². The fraction of sp³-hybridized carbons (Fsp3) is 0.0400. The van der Waals surface area contributed by atoms with Crippen molar-refractivity contribution in [2.45, 2.75) is 6.61 Å². The third-order valence-electron chi connectivity index (χ3n) is 5.39. The number of hydrogen-bond donors (Lipinski definition) is 1. The van der Waals surface area contributed by atoms with Crippen LogP contribution in [0.15, 0.2) is 94.3 Å². The van der Waals surface area contributed by atoms with Crippen molar-refractivity contribution in [1.82, 2.24) is 14.8 Å². The molecule has 1 N–H and O–H groups in total. The number of aromatic amines is 1. The summed E-state index contributed by atoms with van der Waals surface area (Å²) in [6.45, 7) is 0.457. The zero-order chi connectivity index (χ0) is 20.8.